The SMILES string of the molecule is CCC1(C(=O)O)CCN(c2cnccn2)CC1. The highest BCUT2D eigenvalue weighted by atomic mass is 16.4. The molecular weight excluding hydrogens is 218 g/mol. The predicted molar refractivity (Wildman–Crippen MR) is 63.8 cm³/mol. The second-order valence-electron chi connectivity index (χ2n) is 4.49. The molecule has 2 heterocycles. The molecule has 0 radical (unpaired) electrons. The summed E-state index contributed by atoms with van der Waals surface area (Å²) in [6, 6.07) is 0. The molecule has 0 atom stereocenters. The zero-order chi connectivity index (χ0) is 12.3. The predicted octanol–water partition coefficient (Wildman–Crippen LogP) is 1.56. The Balaban J connectivity index is 2.05. The van der Waals surface area contributed by atoms with Gasteiger partial charge in [-0.05, 0) is 19.3 Å². The number of hydrogen-bond donors (Lipinski definition) is 1. The summed E-state index contributed by atoms with van der Waals surface area (Å²) >= 11 is 0. The fourth-order valence-corrected chi connectivity index (χ4v) is 2.34. The lowest BCUT2D eigenvalue weighted by Crippen LogP contribution is -2.44. The number of hydrogen-bond acceptors (Lipinski definition) is 4. The summed E-state index contributed by atoms with van der Waals surface area (Å²) in [5.74, 6) is 0.168. The topological polar surface area (TPSA) is 66.3 Å². The number of anilines is 1. The Morgan fingerprint density at radius 2 is 2.18 bits per heavy atom. The molecule has 1 aliphatic heterocycles. The van der Waals surface area contributed by atoms with E-state index in [2.05, 4.69) is 14.9 Å². The highest BCUT2D eigenvalue weighted by molar-refractivity contribution is 5.75. The average molecular weight is 235 g/mol. The minimum Gasteiger partial charge on any atom is -0.481 e. The lowest BCUT2D eigenvalue weighted by atomic mass is 9.76. The van der Waals surface area contributed by atoms with Gasteiger partial charge < -0.3 is 10.0 Å². The van der Waals surface area contributed by atoms with Crippen molar-refractivity contribution in [2.45, 2.75) is 26.2 Å². The number of carboxylic acid groups (broad SMARTS) is 1. The summed E-state index contributed by atoms with van der Waals surface area (Å²) in [5, 5.41) is 9.30. The molecule has 0 aromatic carbocycles. The van der Waals surface area contributed by atoms with Crippen LogP contribution in [0.5, 0.6) is 0 Å². The lowest BCUT2D eigenvalue weighted by molar-refractivity contribution is -0.150. The third kappa shape index (κ3) is 2.23. The number of piperidine rings is 1. The summed E-state index contributed by atoms with van der Waals surface area (Å²) in [7, 11) is 0. The molecule has 17 heavy (non-hydrogen) atoms. The van der Waals surface area contributed by atoms with Gasteiger partial charge in [-0.3, -0.25) is 9.78 Å². The van der Waals surface area contributed by atoms with E-state index >= 15 is 0 Å². The molecule has 1 aromatic rings. The molecule has 0 saturated carbocycles. The summed E-state index contributed by atoms with van der Waals surface area (Å²) in [4.78, 5) is 21.7. The number of aromatic nitrogens is 2. The molecule has 1 aliphatic rings. The van der Waals surface area contributed by atoms with E-state index in [1.165, 1.54) is 0 Å². The fraction of sp³-hybridized carbons (Fsp3) is 0.583. The Hall–Kier alpha value is -1.65. The molecular formula is C12H17N3O2. The Kier molecular flexibility index (Phi) is 3.26. The smallest absolute Gasteiger partial charge is 0.309 e. The van der Waals surface area contributed by atoms with Crippen LogP contribution in [0.25, 0.3) is 0 Å². The quantitative estimate of drug-likeness (QED) is 0.861. The summed E-state index contributed by atoms with van der Waals surface area (Å²) in [6.45, 7) is 3.42. The van der Waals surface area contributed by atoms with Gasteiger partial charge in [0, 0.05) is 25.5 Å². The molecule has 5 heteroatoms. The van der Waals surface area contributed by atoms with E-state index in [1.807, 2.05) is 6.92 Å². The second-order valence-corrected chi connectivity index (χ2v) is 4.49. The Labute approximate surface area is 100 Å². The van der Waals surface area contributed by atoms with Gasteiger partial charge in [-0.1, -0.05) is 6.92 Å². The summed E-state index contributed by atoms with van der Waals surface area (Å²) < 4.78 is 0. The van der Waals surface area contributed by atoms with Gasteiger partial charge in [0.1, 0.15) is 5.82 Å². The molecule has 2 rings (SSSR count). The van der Waals surface area contributed by atoms with Gasteiger partial charge in [0.2, 0.25) is 0 Å². The molecule has 92 valence electrons. The molecule has 0 bridgehead atoms. The van der Waals surface area contributed by atoms with Crippen LogP contribution in [0.15, 0.2) is 18.6 Å². The minimum atomic E-state index is -0.668. The van der Waals surface area contributed by atoms with Crippen molar-refractivity contribution in [1.29, 1.82) is 0 Å². The van der Waals surface area contributed by atoms with Crippen molar-refractivity contribution in [2.75, 3.05) is 18.0 Å². The third-order valence-corrected chi connectivity index (χ3v) is 3.72. The van der Waals surface area contributed by atoms with Crippen LogP contribution in [0.4, 0.5) is 5.82 Å². The zero-order valence-electron chi connectivity index (χ0n) is 9.96. The first-order valence-electron chi connectivity index (χ1n) is 5.92. The van der Waals surface area contributed by atoms with Crippen molar-refractivity contribution in [3.63, 3.8) is 0 Å². The van der Waals surface area contributed by atoms with E-state index in [-0.39, 0.29) is 0 Å². The molecule has 1 N–H and O–H groups in total. The first-order chi connectivity index (χ1) is 8.18. The Morgan fingerprint density at radius 3 is 2.65 bits per heavy atom. The van der Waals surface area contributed by atoms with E-state index in [9.17, 15) is 9.90 Å². The maximum Gasteiger partial charge on any atom is 0.309 e. The van der Waals surface area contributed by atoms with Gasteiger partial charge in [0.05, 0.1) is 11.6 Å². The highest BCUT2D eigenvalue weighted by Gasteiger charge is 2.40. The molecule has 0 spiro atoms. The van der Waals surface area contributed by atoms with Crippen molar-refractivity contribution in [3.05, 3.63) is 18.6 Å². The molecule has 1 saturated heterocycles. The van der Waals surface area contributed by atoms with Crippen molar-refractivity contribution in [2.24, 2.45) is 5.41 Å². The molecule has 0 unspecified atom stereocenters. The molecule has 1 fully saturated rings. The van der Waals surface area contributed by atoms with E-state index in [0.29, 0.717) is 19.3 Å². The number of aliphatic carboxylic acids is 1. The van der Waals surface area contributed by atoms with Crippen LogP contribution in [-0.2, 0) is 4.79 Å². The van der Waals surface area contributed by atoms with Crippen LogP contribution in [0, 0.1) is 5.41 Å². The standard InChI is InChI=1S/C12H17N3O2/c1-2-12(11(16)17)3-7-15(8-4-12)10-9-13-5-6-14-10/h5-6,9H,2-4,7-8H2,1H3,(H,16,17). The van der Waals surface area contributed by atoms with Crippen molar-refractivity contribution in [3.8, 4) is 0 Å². The first kappa shape index (κ1) is 11.8. The Bertz CT molecular complexity index is 386. The Morgan fingerprint density at radius 1 is 1.47 bits per heavy atom. The summed E-state index contributed by atoms with van der Waals surface area (Å²) in [6.07, 6.45) is 7.07. The molecule has 5 nitrogen and oxygen atoms in total. The number of nitrogens with zero attached hydrogens (tertiary/aromatic N) is 3. The van der Waals surface area contributed by atoms with Gasteiger partial charge in [-0.2, -0.15) is 0 Å². The van der Waals surface area contributed by atoms with Crippen LogP contribution < -0.4 is 4.90 Å². The third-order valence-electron chi connectivity index (χ3n) is 3.72. The minimum absolute atomic E-state index is 0.543. The van der Waals surface area contributed by atoms with Gasteiger partial charge in [-0.15, -0.1) is 0 Å². The largest absolute Gasteiger partial charge is 0.481 e. The second kappa shape index (κ2) is 4.69. The number of carbonyl (C=O) groups is 1. The molecule has 0 aliphatic carbocycles. The number of rotatable bonds is 3. The summed E-state index contributed by atoms with van der Waals surface area (Å²) in [5.41, 5.74) is -0.543. The van der Waals surface area contributed by atoms with Crippen molar-refractivity contribution in [1.82, 2.24) is 9.97 Å². The van der Waals surface area contributed by atoms with Gasteiger partial charge in [0.15, 0.2) is 0 Å². The highest BCUT2D eigenvalue weighted by Crippen LogP contribution is 2.36. The van der Waals surface area contributed by atoms with E-state index in [4.69, 9.17) is 0 Å². The fourth-order valence-electron chi connectivity index (χ4n) is 2.34. The van der Waals surface area contributed by atoms with Crippen LogP contribution >= 0.6 is 0 Å². The van der Waals surface area contributed by atoms with E-state index in [1.54, 1.807) is 18.6 Å². The van der Waals surface area contributed by atoms with Gasteiger partial charge in [-0.25, -0.2) is 4.98 Å². The maximum atomic E-state index is 11.3. The first-order valence-corrected chi connectivity index (χ1v) is 5.92. The van der Waals surface area contributed by atoms with Crippen LogP contribution in [0.2, 0.25) is 0 Å². The van der Waals surface area contributed by atoms with E-state index in [0.717, 1.165) is 18.9 Å². The van der Waals surface area contributed by atoms with Gasteiger partial charge >= 0.3 is 5.97 Å². The zero-order valence-corrected chi connectivity index (χ0v) is 9.96. The average Bonchev–Trinajstić information content (AvgIpc) is 2.39. The van der Waals surface area contributed by atoms with Gasteiger partial charge in [0.25, 0.3) is 0 Å². The lowest BCUT2D eigenvalue weighted by Gasteiger charge is -2.38. The van der Waals surface area contributed by atoms with Crippen LogP contribution in [0.3, 0.4) is 0 Å². The van der Waals surface area contributed by atoms with Crippen LogP contribution in [-0.4, -0.2) is 34.1 Å². The van der Waals surface area contributed by atoms with Crippen molar-refractivity contribution >= 4 is 11.8 Å². The molecule has 1 aromatic heterocycles. The van der Waals surface area contributed by atoms with Crippen LogP contribution in [0.1, 0.15) is 26.2 Å². The maximum absolute atomic E-state index is 11.3. The normalized spacial score (nSPS) is 19.0. The molecule has 0 amide bonds. The monoisotopic (exact) mass is 235 g/mol. The van der Waals surface area contributed by atoms with E-state index < -0.39 is 11.4 Å². The van der Waals surface area contributed by atoms with Crippen molar-refractivity contribution < 1.29 is 9.90 Å². The number of carboxylic acids is 1.